The maximum absolute atomic E-state index is 12.8. The van der Waals surface area contributed by atoms with Gasteiger partial charge < -0.3 is 31.3 Å². The lowest BCUT2D eigenvalue weighted by molar-refractivity contribution is -0.141. The van der Waals surface area contributed by atoms with E-state index in [0.29, 0.717) is 82.9 Å². The number of carbonyl (C=O) groups is 4. The van der Waals surface area contributed by atoms with Crippen LogP contribution in [0.25, 0.3) is 28.2 Å². The van der Waals surface area contributed by atoms with Gasteiger partial charge >= 0.3 is 5.97 Å². The van der Waals surface area contributed by atoms with Crippen LogP contribution in [-0.4, -0.2) is 88.6 Å². The molecule has 1 fully saturated rings. The summed E-state index contributed by atoms with van der Waals surface area (Å²) < 4.78 is 6.36. The second kappa shape index (κ2) is 14.1. The Morgan fingerprint density at radius 3 is 2.32 bits per heavy atom. The summed E-state index contributed by atoms with van der Waals surface area (Å²) in [7, 11) is 1.22. The highest BCUT2D eigenvalue weighted by atomic mass is 35.5. The van der Waals surface area contributed by atoms with Crippen LogP contribution in [-0.2, 0) is 19.1 Å². The second-order valence-corrected chi connectivity index (χ2v) is 11.5. The molecule has 0 atom stereocenters. The lowest BCUT2D eigenvalue weighted by Gasteiger charge is -2.40. The Balaban J connectivity index is 1.49. The number of esters is 1. The van der Waals surface area contributed by atoms with Crippen LogP contribution >= 0.6 is 11.6 Å². The quantitative estimate of drug-likeness (QED) is 0.173. The fraction of sp³-hybridized carbons (Fsp3) is 0.344. The second-order valence-electron chi connectivity index (χ2n) is 11.1. The number of halogens is 1. The standard InChI is InChI=1S/C32H36ClN9O5/c1-4-37-32(31(34)46)13-15-41(16-14-32)28-26-29(39-19(2)38-28)42(27(40-26)22-7-5-6-8-23(22)33)21-11-9-20(10-12-21)30(45)36-17-24(43)35-18-25(44)47-3/h5-12,37H,4,13-18H2,1-3H3,(H2,34,46)(H,35,43)(H,36,45). The molecule has 5 rings (SSSR count). The summed E-state index contributed by atoms with van der Waals surface area (Å²) in [5.41, 5.74) is 7.78. The van der Waals surface area contributed by atoms with Gasteiger partial charge in [0, 0.05) is 29.9 Å². The molecule has 0 radical (unpaired) electrons. The smallest absolute Gasteiger partial charge is 0.325 e. The molecule has 14 nitrogen and oxygen atoms in total. The Hall–Kier alpha value is -5.08. The van der Waals surface area contributed by atoms with Crippen molar-refractivity contribution < 1.29 is 23.9 Å². The molecule has 3 heterocycles. The fourth-order valence-electron chi connectivity index (χ4n) is 5.62. The lowest BCUT2D eigenvalue weighted by Crippen LogP contribution is -2.61. The number of fused-ring (bicyclic) bond motifs is 1. The minimum atomic E-state index is -0.782. The van der Waals surface area contributed by atoms with Gasteiger partial charge in [-0.15, -0.1) is 0 Å². The first-order chi connectivity index (χ1) is 22.6. The predicted octanol–water partition coefficient (Wildman–Crippen LogP) is 1.90. The number of carbonyl (C=O) groups excluding carboxylic acids is 4. The van der Waals surface area contributed by atoms with Gasteiger partial charge in [0.25, 0.3) is 5.91 Å². The molecular formula is C32H36ClN9O5. The van der Waals surface area contributed by atoms with Gasteiger partial charge in [0.2, 0.25) is 11.8 Å². The van der Waals surface area contributed by atoms with E-state index < -0.39 is 23.3 Å². The molecule has 0 saturated carbocycles. The predicted molar refractivity (Wildman–Crippen MR) is 176 cm³/mol. The molecule has 4 aromatic rings. The number of methoxy groups -OCH3 is 1. The van der Waals surface area contributed by atoms with Crippen molar-refractivity contribution in [2.45, 2.75) is 32.2 Å². The average molecular weight is 662 g/mol. The molecule has 0 unspecified atom stereocenters. The number of hydrogen-bond donors (Lipinski definition) is 4. The molecule has 3 amide bonds. The van der Waals surface area contributed by atoms with Gasteiger partial charge in [0.05, 0.1) is 18.7 Å². The molecular weight excluding hydrogens is 626 g/mol. The van der Waals surface area contributed by atoms with Crippen LogP contribution < -0.4 is 26.6 Å². The minimum Gasteiger partial charge on any atom is -0.468 e. The van der Waals surface area contributed by atoms with E-state index in [-0.39, 0.29) is 19.0 Å². The van der Waals surface area contributed by atoms with Crippen molar-refractivity contribution in [3.8, 4) is 17.1 Å². The molecule has 1 saturated heterocycles. The summed E-state index contributed by atoms with van der Waals surface area (Å²) in [4.78, 5) is 65.1. The fourth-order valence-corrected chi connectivity index (χ4v) is 5.84. The van der Waals surface area contributed by atoms with Gasteiger partial charge in [0.15, 0.2) is 17.0 Å². The Labute approximate surface area is 276 Å². The van der Waals surface area contributed by atoms with E-state index in [1.54, 1.807) is 37.3 Å². The van der Waals surface area contributed by atoms with Crippen molar-refractivity contribution in [3.05, 3.63) is 64.9 Å². The largest absolute Gasteiger partial charge is 0.468 e. The number of aryl methyl sites for hydroxylation is 1. The maximum atomic E-state index is 12.8. The SMILES string of the molecule is CCNC1(C(N)=O)CCN(c2nc(C)nc3c2nc(-c2ccccc2Cl)n3-c2ccc(C(=O)NCC(=O)NCC(=O)OC)cc2)CC1. The van der Waals surface area contributed by atoms with Gasteiger partial charge in [-0.2, -0.15) is 0 Å². The Morgan fingerprint density at radius 2 is 1.68 bits per heavy atom. The summed E-state index contributed by atoms with van der Waals surface area (Å²) in [6, 6.07) is 14.1. The van der Waals surface area contributed by atoms with E-state index in [2.05, 4.69) is 25.6 Å². The third kappa shape index (κ3) is 7.03. The first kappa shape index (κ1) is 33.3. The number of nitrogens with one attached hydrogen (secondary N) is 3. The number of hydrogen-bond acceptors (Lipinski definition) is 10. The zero-order chi connectivity index (χ0) is 33.7. The third-order valence-electron chi connectivity index (χ3n) is 8.07. The van der Waals surface area contributed by atoms with E-state index in [4.69, 9.17) is 32.3 Å². The minimum absolute atomic E-state index is 0.292. The van der Waals surface area contributed by atoms with E-state index >= 15 is 0 Å². The molecule has 2 aromatic carbocycles. The number of rotatable bonds is 11. The normalized spacial score (nSPS) is 14.1. The first-order valence-electron chi connectivity index (χ1n) is 15.1. The number of ether oxygens (including phenoxy) is 1. The molecule has 0 spiro atoms. The summed E-state index contributed by atoms with van der Waals surface area (Å²) in [5, 5.41) is 8.69. The topological polar surface area (TPSA) is 186 Å². The number of imidazole rings is 1. The van der Waals surface area contributed by atoms with Crippen molar-refractivity contribution in [2.75, 3.05) is 44.7 Å². The van der Waals surface area contributed by atoms with Gasteiger partial charge in [-0.05, 0) is 62.7 Å². The van der Waals surface area contributed by atoms with Crippen LogP contribution in [0.15, 0.2) is 48.5 Å². The van der Waals surface area contributed by atoms with Crippen LogP contribution in [0.2, 0.25) is 5.02 Å². The molecule has 0 bridgehead atoms. The monoisotopic (exact) mass is 661 g/mol. The number of primary amides is 1. The highest BCUT2D eigenvalue weighted by molar-refractivity contribution is 6.33. The summed E-state index contributed by atoms with van der Waals surface area (Å²) in [5.74, 6) is -0.274. The summed E-state index contributed by atoms with van der Waals surface area (Å²) in [6.45, 7) is 4.83. The number of benzene rings is 2. The van der Waals surface area contributed by atoms with Crippen LogP contribution in [0.5, 0.6) is 0 Å². The molecule has 1 aliphatic rings. The average Bonchev–Trinajstić information content (AvgIpc) is 3.45. The number of piperidine rings is 1. The van der Waals surface area contributed by atoms with E-state index in [1.165, 1.54) is 7.11 Å². The first-order valence-corrected chi connectivity index (χ1v) is 15.5. The Bertz CT molecular complexity index is 1820. The van der Waals surface area contributed by atoms with Gasteiger partial charge in [-0.25, -0.2) is 15.0 Å². The highest BCUT2D eigenvalue weighted by Crippen LogP contribution is 2.36. The number of nitrogens with two attached hydrogens (primary N) is 1. The molecule has 246 valence electrons. The summed E-state index contributed by atoms with van der Waals surface area (Å²) in [6.07, 6.45) is 1.02. The zero-order valence-electron chi connectivity index (χ0n) is 26.3. The third-order valence-corrected chi connectivity index (χ3v) is 8.40. The van der Waals surface area contributed by atoms with Crippen molar-refractivity contribution in [3.63, 3.8) is 0 Å². The number of anilines is 1. The number of likely N-dealkylation sites (N-methyl/N-ethyl adjacent to an activating group) is 1. The van der Waals surface area contributed by atoms with Gasteiger partial charge in [-0.1, -0.05) is 30.7 Å². The number of nitrogens with zero attached hydrogens (tertiary/aromatic N) is 5. The maximum Gasteiger partial charge on any atom is 0.325 e. The van der Waals surface area contributed by atoms with Gasteiger partial charge in [0.1, 0.15) is 23.7 Å². The van der Waals surface area contributed by atoms with Gasteiger partial charge in [-0.3, -0.25) is 23.7 Å². The molecule has 1 aliphatic heterocycles. The molecule has 47 heavy (non-hydrogen) atoms. The Kier molecular flexibility index (Phi) is 10.0. The summed E-state index contributed by atoms with van der Waals surface area (Å²) >= 11 is 6.67. The van der Waals surface area contributed by atoms with Crippen LogP contribution in [0.3, 0.4) is 0 Å². The van der Waals surface area contributed by atoms with Crippen LogP contribution in [0.1, 0.15) is 35.9 Å². The Morgan fingerprint density at radius 1 is 0.979 bits per heavy atom. The molecule has 5 N–H and O–H groups in total. The zero-order valence-corrected chi connectivity index (χ0v) is 27.1. The van der Waals surface area contributed by atoms with E-state index in [0.717, 1.165) is 0 Å². The van der Waals surface area contributed by atoms with Crippen molar-refractivity contribution in [1.82, 2.24) is 35.5 Å². The molecule has 2 aromatic heterocycles. The number of amides is 3. The van der Waals surface area contributed by atoms with Crippen LogP contribution in [0, 0.1) is 6.92 Å². The van der Waals surface area contributed by atoms with Crippen LogP contribution in [0.4, 0.5) is 5.82 Å². The van der Waals surface area contributed by atoms with Crippen molar-refractivity contribution in [2.24, 2.45) is 5.73 Å². The van der Waals surface area contributed by atoms with Crippen molar-refractivity contribution >= 4 is 52.3 Å². The van der Waals surface area contributed by atoms with E-state index in [9.17, 15) is 19.2 Å². The molecule has 0 aliphatic carbocycles. The lowest BCUT2D eigenvalue weighted by atomic mass is 9.86. The molecule has 15 heteroatoms. The van der Waals surface area contributed by atoms with Crippen molar-refractivity contribution in [1.29, 1.82) is 0 Å². The highest BCUT2D eigenvalue weighted by Gasteiger charge is 2.40. The number of aromatic nitrogens is 4. The van der Waals surface area contributed by atoms with E-state index in [1.807, 2.05) is 29.7 Å².